The average molecular weight is 349 g/mol. The van der Waals surface area contributed by atoms with Gasteiger partial charge in [0.15, 0.2) is 5.60 Å². The third kappa shape index (κ3) is 3.49. The molecule has 0 saturated heterocycles. The first-order chi connectivity index (χ1) is 11.0. The van der Waals surface area contributed by atoms with Crippen molar-refractivity contribution in [3.63, 3.8) is 0 Å². The molecule has 3 aromatic rings. The molecule has 0 fully saturated rings. The van der Waals surface area contributed by atoms with Crippen LogP contribution in [0.25, 0.3) is 11.5 Å². The molecule has 3 rings (SSSR count). The summed E-state index contributed by atoms with van der Waals surface area (Å²) in [5, 5.41) is 9.36. The van der Waals surface area contributed by atoms with Crippen LogP contribution in [-0.2, 0) is 5.60 Å². The molecule has 0 amide bonds. The van der Waals surface area contributed by atoms with Crippen molar-refractivity contribution in [3.05, 3.63) is 64.5 Å². The summed E-state index contributed by atoms with van der Waals surface area (Å²) >= 11 is 12.0. The van der Waals surface area contributed by atoms with Gasteiger partial charge in [0.05, 0.1) is 10.6 Å². The van der Waals surface area contributed by atoms with Gasteiger partial charge in [0.1, 0.15) is 5.75 Å². The van der Waals surface area contributed by atoms with E-state index in [-0.39, 0.29) is 0 Å². The highest BCUT2D eigenvalue weighted by atomic mass is 35.5. The van der Waals surface area contributed by atoms with Gasteiger partial charge in [0, 0.05) is 5.02 Å². The number of rotatable bonds is 4. The Morgan fingerprint density at radius 2 is 1.65 bits per heavy atom. The Morgan fingerprint density at radius 3 is 2.35 bits per heavy atom. The number of aromatic nitrogens is 2. The Hall–Kier alpha value is -2.04. The molecule has 0 radical (unpaired) electrons. The van der Waals surface area contributed by atoms with Crippen molar-refractivity contribution in [2.75, 3.05) is 0 Å². The maximum atomic E-state index is 6.16. The van der Waals surface area contributed by atoms with Crippen molar-refractivity contribution in [1.29, 1.82) is 0 Å². The molecule has 0 aliphatic heterocycles. The van der Waals surface area contributed by atoms with Crippen molar-refractivity contribution < 1.29 is 9.15 Å². The van der Waals surface area contributed by atoms with E-state index < -0.39 is 5.60 Å². The van der Waals surface area contributed by atoms with Crippen LogP contribution in [0.1, 0.15) is 19.7 Å². The van der Waals surface area contributed by atoms with E-state index in [0.717, 1.165) is 0 Å². The molecule has 4 nitrogen and oxygen atoms in total. The van der Waals surface area contributed by atoms with Crippen LogP contribution in [0.15, 0.2) is 52.9 Å². The SMILES string of the molecule is CC(C)(Oc1ccc(Cl)cc1)c1nnc(-c2ccccc2Cl)o1. The van der Waals surface area contributed by atoms with Gasteiger partial charge in [-0.15, -0.1) is 10.2 Å². The van der Waals surface area contributed by atoms with Gasteiger partial charge >= 0.3 is 0 Å². The van der Waals surface area contributed by atoms with Crippen molar-refractivity contribution >= 4 is 23.2 Å². The lowest BCUT2D eigenvalue weighted by molar-refractivity contribution is 0.0770. The molecule has 2 aromatic carbocycles. The standard InChI is InChI=1S/C17H14Cl2N2O2/c1-17(2,23-12-9-7-11(18)8-10-12)16-21-20-15(22-16)13-5-3-4-6-14(13)19/h3-10H,1-2H3. The zero-order chi connectivity index (χ0) is 16.4. The Labute approximate surface area is 144 Å². The van der Waals surface area contributed by atoms with Crippen LogP contribution in [0.3, 0.4) is 0 Å². The first-order valence-corrected chi connectivity index (χ1v) is 7.75. The van der Waals surface area contributed by atoms with E-state index in [1.54, 1.807) is 30.3 Å². The smallest absolute Gasteiger partial charge is 0.259 e. The topological polar surface area (TPSA) is 48.2 Å². The number of halogens is 2. The van der Waals surface area contributed by atoms with E-state index in [1.165, 1.54) is 0 Å². The molecule has 6 heteroatoms. The van der Waals surface area contributed by atoms with Gasteiger partial charge in [-0.05, 0) is 50.2 Å². The van der Waals surface area contributed by atoms with E-state index in [1.807, 2.05) is 32.0 Å². The van der Waals surface area contributed by atoms with Crippen LogP contribution in [-0.4, -0.2) is 10.2 Å². The first kappa shape index (κ1) is 15.8. The Bertz CT molecular complexity index is 813. The quantitative estimate of drug-likeness (QED) is 0.636. The molecule has 1 heterocycles. The normalized spacial score (nSPS) is 11.5. The minimum absolute atomic E-state index is 0.360. The first-order valence-electron chi connectivity index (χ1n) is 6.99. The zero-order valence-electron chi connectivity index (χ0n) is 12.6. The predicted octanol–water partition coefficient (Wildman–Crippen LogP) is 5.36. The highest BCUT2D eigenvalue weighted by Crippen LogP contribution is 2.31. The van der Waals surface area contributed by atoms with Crippen molar-refractivity contribution in [2.24, 2.45) is 0 Å². The highest BCUT2D eigenvalue weighted by molar-refractivity contribution is 6.33. The largest absolute Gasteiger partial charge is 0.478 e. The van der Waals surface area contributed by atoms with Gasteiger partial charge < -0.3 is 9.15 Å². The second-order valence-electron chi connectivity index (χ2n) is 5.46. The third-order valence-electron chi connectivity index (χ3n) is 3.23. The third-order valence-corrected chi connectivity index (χ3v) is 3.81. The predicted molar refractivity (Wildman–Crippen MR) is 89.9 cm³/mol. The lowest BCUT2D eigenvalue weighted by atomic mass is 10.1. The van der Waals surface area contributed by atoms with E-state index in [2.05, 4.69) is 10.2 Å². The summed E-state index contributed by atoms with van der Waals surface area (Å²) in [7, 11) is 0. The number of hydrogen-bond donors (Lipinski definition) is 0. The van der Waals surface area contributed by atoms with Gasteiger partial charge in [-0.1, -0.05) is 35.3 Å². The molecule has 1 aromatic heterocycles. The highest BCUT2D eigenvalue weighted by Gasteiger charge is 2.30. The van der Waals surface area contributed by atoms with Crippen LogP contribution in [0.5, 0.6) is 5.75 Å². The number of ether oxygens (including phenoxy) is 1. The minimum atomic E-state index is -0.791. The molecular weight excluding hydrogens is 335 g/mol. The summed E-state index contributed by atoms with van der Waals surface area (Å²) in [4.78, 5) is 0. The molecular formula is C17H14Cl2N2O2. The molecule has 0 spiro atoms. The molecule has 23 heavy (non-hydrogen) atoms. The Kier molecular flexibility index (Phi) is 4.28. The molecule has 0 aliphatic carbocycles. The van der Waals surface area contributed by atoms with Gasteiger partial charge in [0.2, 0.25) is 5.89 Å². The summed E-state index contributed by atoms with van der Waals surface area (Å²) in [6, 6.07) is 14.4. The molecule has 0 N–H and O–H groups in total. The second kappa shape index (κ2) is 6.22. The maximum absolute atomic E-state index is 6.16. The van der Waals surface area contributed by atoms with E-state index in [4.69, 9.17) is 32.4 Å². The van der Waals surface area contributed by atoms with Gasteiger partial charge in [0.25, 0.3) is 5.89 Å². The van der Waals surface area contributed by atoms with Gasteiger partial charge in [-0.25, -0.2) is 0 Å². The Morgan fingerprint density at radius 1 is 0.957 bits per heavy atom. The Balaban J connectivity index is 1.86. The van der Waals surface area contributed by atoms with Crippen LogP contribution in [0.2, 0.25) is 10.0 Å². The minimum Gasteiger partial charge on any atom is -0.478 e. The molecule has 118 valence electrons. The average Bonchev–Trinajstić information content (AvgIpc) is 3.00. The van der Waals surface area contributed by atoms with Crippen molar-refractivity contribution in [3.8, 4) is 17.2 Å². The fraction of sp³-hybridized carbons (Fsp3) is 0.176. The van der Waals surface area contributed by atoms with Gasteiger partial charge in [-0.3, -0.25) is 0 Å². The number of nitrogens with zero attached hydrogens (tertiary/aromatic N) is 2. The van der Waals surface area contributed by atoms with Crippen LogP contribution in [0.4, 0.5) is 0 Å². The summed E-state index contributed by atoms with van der Waals surface area (Å²) in [6.45, 7) is 3.71. The molecule has 0 atom stereocenters. The van der Waals surface area contributed by atoms with Crippen LogP contribution >= 0.6 is 23.2 Å². The summed E-state index contributed by atoms with van der Waals surface area (Å²) < 4.78 is 11.7. The van der Waals surface area contributed by atoms with E-state index in [9.17, 15) is 0 Å². The van der Waals surface area contributed by atoms with Crippen LogP contribution in [0, 0.1) is 0 Å². The van der Waals surface area contributed by atoms with Crippen molar-refractivity contribution in [2.45, 2.75) is 19.4 Å². The molecule has 0 saturated carbocycles. The maximum Gasteiger partial charge on any atom is 0.259 e. The number of hydrogen-bond acceptors (Lipinski definition) is 4. The molecule has 0 aliphatic rings. The second-order valence-corrected chi connectivity index (χ2v) is 6.30. The van der Waals surface area contributed by atoms with Crippen LogP contribution < -0.4 is 4.74 Å². The van der Waals surface area contributed by atoms with Gasteiger partial charge in [-0.2, -0.15) is 0 Å². The monoisotopic (exact) mass is 348 g/mol. The summed E-state index contributed by atoms with van der Waals surface area (Å²) in [6.07, 6.45) is 0. The summed E-state index contributed by atoms with van der Waals surface area (Å²) in [5.41, 5.74) is -0.101. The fourth-order valence-corrected chi connectivity index (χ4v) is 2.39. The number of benzene rings is 2. The lowest BCUT2D eigenvalue weighted by Crippen LogP contribution is -2.25. The molecule has 0 unspecified atom stereocenters. The fourth-order valence-electron chi connectivity index (χ4n) is 2.05. The lowest BCUT2D eigenvalue weighted by Gasteiger charge is -2.22. The zero-order valence-corrected chi connectivity index (χ0v) is 14.1. The van der Waals surface area contributed by atoms with E-state index >= 15 is 0 Å². The van der Waals surface area contributed by atoms with Crippen molar-refractivity contribution in [1.82, 2.24) is 10.2 Å². The summed E-state index contributed by atoms with van der Waals surface area (Å²) in [5.74, 6) is 1.39. The molecule has 0 bridgehead atoms. The van der Waals surface area contributed by atoms with E-state index in [0.29, 0.717) is 33.1 Å².